The SMILES string of the molecule is COC(=O)[C@@H](c1ccccc1)N1Cc2ccccc2C1=O.COC(=O)[C@H](N)c1ccccc1. The summed E-state index contributed by atoms with van der Waals surface area (Å²) < 4.78 is 9.40. The fourth-order valence-electron chi connectivity index (χ4n) is 3.60. The van der Waals surface area contributed by atoms with Crippen LogP contribution in [0.5, 0.6) is 0 Å². The van der Waals surface area contributed by atoms with Crippen molar-refractivity contribution >= 4 is 17.8 Å². The number of rotatable bonds is 5. The van der Waals surface area contributed by atoms with Gasteiger partial charge in [-0.1, -0.05) is 78.9 Å². The summed E-state index contributed by atoms with van der Waals surface area (Å²) in [6, 6.07) is 24.4. The van der Waals surface area contributed by atoms with E-state index in [0.29, 0.717) is 12.1 Å². The van der Waals surface area contributed by atoms with E-state index in [-0.39, 0.29) is 5.91 Å². The van der Waals surface area contributed by atoms with E-state index < -0.39 is 24.0 Å². The Labute approximate surface area is 192 Å². The van der Waals surface area contributed by atoms with Crippen molar-refractivity contribution in [3.05, 3.63) is 107 Å². The van der Waals surface area contributed by atoms with Crippen molar-refractivity contribution in [2.75, 3.05) is 14.2 Å². The molecule has 170 valence electrons. The number of ether oxygens (including phenoxy) is 2. The minimum atomic E-state index is -0.712. The molecular weight excluding hydrogens is 420 g/mol. The Morgan fingerprint density at radius 3 is 1.85 bits per heavy atom. The average Bonchev–Trinajstić information content (AvgIpc) is 3.20. The number of hydrogen-bond donors (Lipinski definition) is 1. The van der Waals surface area contributed by atoms with Crippen LogP contribution in [0.2, 0.25) is 0 Å². The van der Waals surface area contributed by atoms with Crippen molar-refractivity contribution in [3.63, 3.8) is 0 Å². The zero-order valence-corrected chi connectivity index (χ0v) is 18.5. The monoisotopic (exact) mass is 446 g/mol. The number of nitrogens with zero attached hydrogens (tertiary/aromatic N) is 1. The Hall–Kier alpha value is -3.97. The van der Waals surface area contributed by atoms with Gasteiger partial charge in [0.1, 0.15) is 6.04 Å². The van der Waals surface area contributed by atoms with E-state index in [2.05, 4.69) is 4.74 Å². The second-order valence-corrected chi connectivity index (χ2v) is 7.34. The molecule has 2 N–H and O–H groups in total. The second-order valence-electron chi connectivity index (χ2n) is 7.34. The van der Waals surface area contributed by atoms with E-state index in [4.69, 9.17) is 10.5 Å². The molecule has 0 aliphatic carbocycles. The molecule has 3 aromatic rings. The lowest BCUT2D eigenvalue weighted by atomic mass is 10.1. The highest BCUT2D eigenvalue weighted by molar-refractivity contribution is 6.00. The Morgan fingerprint density at radius 1 is 0.788 bits per heavy atom. The number of hydrogen-bond acceptors (Lipinski definition) is 6. The molecule has 0 fully saturated rings. The van der Waals surface area contributed by atoms with Gasteiger partial charge in [0.05, 0.1) is 14.2 Å². The van der Waals surface area contributed by atoms with Crippen molar-refractivity contribution in [3.8, 4) is 0 Å². The summed E-state index contributed by atoms with van der Waals surface area (Å²) in [5, 5.41) is 0. The maximum atomic E-state index is 12.6. The second kappa shape index (κ2) is 11.1. The first kappa shape index (κ1) is 23.7. The van der Waals surface area contributed by atoms with Crippen LogP contribution < -0.4 is 5.73 Å². The maximum Gasteiger partial charge on any atom is 0.333 e. The van der Waals surface area contributed by atoms with Gasteiger partial charge in [-0.3, -0.25) is 9.59 Å². The van der Waals surface area contributed by atoms with Gasteiger partial charge in [0, 0.05) is 12.1 Å². The van der Waals surface area contributed by atoms with Crippen molar-refractivity contribution in [2.45, 2.75) is 18.6 Å². The van der Waals surface area contributed by atoms with Gasteiger partial charge in [0.25, 0.3) is 5.91 Å². The third-order valence-electron chi connectivity index (χ3n) is 5.31. The minimum absolute atomic E-state index is 0.134. The van der Waals surface area contributed by atoms with Crippen LogP contribution in [0.15, 0.2) is 84.9 Å². The maximum absolute atomic E-state index is 12.6. The Bertz CT molecular complexity index is 1100. The summed E-state index contributed by atoms with van der Waals surface area (Å²) >= 11 is 0. The number of nitrogens with two attached hydrogens (primary N) is 1. The topological polar surface area (TPSA) is 98.9 Å². The van der Waals surface area contributed by atoms with Crippen molar-refractivity contribution in [1.29, 1.82) is 0 Å². The number of carbonyl (C=O) groups excluding carboxylic acids is 3. The number of fused-ring (bicyclic) bond motifs is 1. The fraction of sp³-hybridized carbons (Fsp3) is 0.192. The molecule has 1 aliphatic heterocycles. The molecule has 0 aromatic heterocycles. The van der Waals surface area contributed by atoms with Crippen LogP contribution in [0.25, 0.3) is 0 Å². The van der Waals surface area contributed by atoms with Crippen LogP contribution in [-0.4, -0.2) is 37.0 Å². The molecule has 4 rings (SSSR count). The molecule has 0 bridgehead atoms. The van der Waals surface area contributed by atoms with Crippen LogP contribution in [0.1, 0.15) is 39.1 Å². The smallest absolute Gasteiger partial charge is 0.333 e. The molecule has 33 heavy (non-hydrogen) atoms. The lowest BCUT2D eigenvalue weighted by Crippen LogP contribution is -2.35. The molecule has 2 atom stereocenters. The average molecular weight is 447 g/mol. The van der Waals surface area contributed by atoms with Gasteiger partial charge >= 0.3 is 11.9 Å². The molecule has 7 nitrogen and oxygen atoms in total. The normalized spacial score (nSPS) is 13.8. The lowest BCUT2D eigenvalue weighted by Gasteiger charge is -2.25. The highest BCUT2D eigenvalue weighted by atomic mass is 16.5. The number of esters is 2. The highest BCUT2D eigenvalue weighted by Crippen LogP contribution is 2.32. The Kier molecular flexibility index (Phi) is 7.94. The first-order valence-corrected chi connectivity index (χ1v) is 10.4. The molecule has 0 saturated heterocycles. The summed E-state index contributed by atoms with van der Waals surface area (Å²) in [6.45, 7) is 0.420. The lowest BCUT2D eigenvalue weighted by molar-refractivity contribution is -0.146. The van der Waals surface area contributed by atoms with Crippen LogP contribution >= 0.6 is 0 Å². The van der Waals surface area contributed by atoms with E-state index in [1.54, 1.807) is 23.1 Å². The Morgan fingerprint density at radius 2 is 1.30 bits per heavy atom. The summed E-state index contributed by atoms with van der Waals surface area (Å²) in [5.41, 5.74) is 8.69. The Balaban J connectivity index is 0.000000218. The first-order valence-electron chi connectivity index (χ1n) is 10.4. The predicted octanol–water partition coefficient (Wildman–Crippen LogP) is 3.42. The van der Waals surface area contributed by atoms with E-state index in [1.807, 2.05) is 66.7 Å². The van der Waals surface area contributed by atoms with E-state index in [9.17, 15) is 14.4 Å². The van der Waals surface area contributed by atoms with Crippen molar-refractivity contribution in [2.24, 2.45) is 5.73 Å². The molecule has 1 amide bonds. The van der Waals surface area contributed by atoms with Gasteiger partial charge in [-0.2, -0.15) is 0 Å². The fourth-order valence-corrected chi connectivity index (χ4v) is 3.60. The third kappa shape index (κ3) is 5.45. The molecule has 0 saturated carbocycles. The molecule has 3 aromatic carbocycles. The summed E-state index contributed by atoms with van der Waals surface area (Å²) in [4.78, 5) is 37.3. The minimum Gasteiger partial charge on any atom is -0.468 e. The van der Waals surface area contributed by atoms with Crippen LogP contribution in [-0.2, 0) is 25.6 Å². The van der Waals surface area contributed by atoms with E-state index >= 15 is 0 Å². The van der Waals surface area contributed by atoms with Gasteiger partial charge in [-0.05, 0) is 22.8 Å². The molecule has 1 aliphatic rings. The largest absolute Gasteiger partial charge is 0.468 e. The summed E-state index contributed by atoms with van der Waals surface area (Å²) in [7, 11) is 2.66. The number of methoxy groups -OCH3 is 2. The molecular formula is C26H26N2O5. The van der Waals surface area contributed by atoms with E-state index in [1.165, 1.54) is 14.2 Å². The first-order chi connectivity index (χ1) is 16.0. The molecule has 1 heterocycles. The zero-order chi connectivity index (χ0) is 23.8. The van der Waals surface area contributed by atoms with Gasteiger partial charge in [-0.15, -0.1) is 0 Å². The molecule has 0 spiro atoms. The van der Waals surface area contributed by atoms with Gasteiger partial charge < -0.3 is 20.1 Å². The zero-order valence-electron chi connectivity index (χ0n) is 18.5. The number of benzene rings is 3. The number of amides is 1. The highest BCUT2D eigenvalue weighted by Gasteiger charge is 2.37. The van der Waals surface area contributed by atoms with Crippen molar-refractivity contribution in [1.82, 2.24) is 4.90 Å². The van der Waals surface area contributed by atoms with Gasteiger partial charge in [0.15, 0.2) is 6.04 Å². The summed E-state index contributed by atoms with van der Waals surface area (Å²) in [6.07, 6.45) is 0. The third-order valence-corrected chi connectivity index (χ3v) is 5.31. The molecule has 0 unspecified atom stereocenters. The van der Waals surface area contributed by atoms with Crippen molar-refractivity contribution < 1.29 is 23.9 Å². The van der Waals surface area contributed by atoms with Gasteiger partial charge in [-0.25, -0.2) is 4.79 Å². The van der Waals surface area contributed by atoms with Crippen LogP contribution in [0, 0.1) is 0 Å². The number of carbonyl (C=O) groups is 3. The van der Waals surface area contributed by atoms with Gasteiger partial charge in [0.2, 0.25) is 0 Å². The molecule has 0 radical (unpaired) electrons. The van der Waals surface area contributed by atoms with E-state index in [0.717, 1.165) is 16.7 Å². The quantitative estimate of drug-likeness (QED) is 0.603. The standard InChI is InChI=1S/C17H15NO3.C9H11NO2/c1-21-17(20)15(12-7-3-2-4-8-12)18-11-13-9-5-6-10-14(13)16(18)19;1-12-9(11)8(10)7-5-3-2-4-6-7/h2-10,15H,11H2,1H3;2-6,8H,10H2,1H3/t15-;8-/m11/s1. The predicted molar refractivity (Wildman–Crippen MR) is 123 cm³/mol. The van der Waals surface area contributed by atoms with Crippen LogP contribution in [0.4, 0.5) is 0 Å². The summed E-state index contributed by atoms with van der Waals surface area (Å²) in [5.74, 6) is -0.978. The molecule has 7 heteroatoms. The van der Waals surface area contributed by atoms with Crippen LogP contribution in [0.3, 0.4) is 0 Å².